The summed E-state index contributed by atoms with van der Waals surface area (Å²) < 4.78 is 39.2. The Morgan fingerprint density at radius 3 is 1.70 bits per heavy atom. The Labute approximate surface area is 114 Å². The van der Waals surface area contributed by atoms with E-state index in [1.165, 1.54) is 36.4 Å². The number of halogens is 3. The molecular weight excluding hydrogens is 265 g/mol. The second kappa shape index (κ2) is 5.74. The van der Waals surface area contributed by atoms with Gasteiger partial charge in [0.15, 0.2) is 5.78 Å². The van der Waals surface area contributed by atoms with Crippen LogP contribution in [-0.4, -0.2) is 12.0 Å². The van der Waals surface area contributed by atoms with Gasteiger partial charge >= 0.3 is 6.18 Å². The van der Waals surface area contributed by atoms with Gasteiger partial charge in [0, 0.05) is 5.56 Å². The van der Waals surface area contributed by atoms with Gasteiger partial charge in [-0.05, 0) is 11.6 Å². The van der Waals surface area contributed by atoms with Crippen LogP contribution in [0.25, 0.3) is 5.57 Å². The van der Waals surface area contributed by atoms with Crippen LogP contribution in [0.1, 0.15) is 15.9 Å². The third-order valence-corrected chi connectivity index (χ3v) is 2.72. The molecule has 0 bridgehead atoms. The summed E-state index contributed by atoms with van der Waals surface area (Å²) in [4.78, 5) is 11.9. The number of hydrogen-bond donors (Lipinski definition) is 0. The van der Waals surface area contributed by atoms with E-state index in [1.807, 2.05) is 0 Å². The normalized spacial score (nSPS) is 12.2. The van der Waals surface area contributed by atoms with Crippen LogP contribution in [0.15, 0.2) is 66.7 Å². The van der Waals surface area contributed by atoms with Crippen LogP contribution in [-0.2, 0) is 0 Å². The maximum atomic E-state index is 13.1. The number of alkyl halides is 3. The van der Waals surface area contributed by atoms with E-state index in [1.54, 1.807) is 24.3 Å². The van der Waals surface area contributed by atoms with Crippen LogP contribution < -0.4 is 0 Å². The number of ketones is 1. The van der Waals surface area contributed by atoms with Gasteiger partial charge in [-0.1, -0.05) is 60.7 Å². The molecule has 102 valence electrons. The predicted molar refractivity (Wildman–Crippen MR) is 71.2 cm³/mol. The van der Waals surface area contributed by atoms with Crippen molar-refractivity contribution in [3.63, 3.8) is 0 Å². The largest absolute Gasteiger partial charge is 0.417 e. The first-order valence-corrected chi connectivity index (χ1v) is 5.92. The number of allylic oxidation sites excluding steroid dienone is 2. The Kier molecular flexibility index (Phi) is 4.03. The highest BCUT2D eigenvalue weighted by molar-refractivity contribution is 6.09. The highest BCUT2D eigenvalue weighted by atomic mass is 19.4. The molecule has 2 rings (SSSR count). The Bertz CT molecular complexity index is 613. The van der Waals surface area contributed by atoms with Gasteiger partial charge in [-0.3, -0.25) is 4.79 Å². The molecule has 0 radical (unpaired) electrons. The van der Waals surface area contributed by atoms with Crippen LogP contribution in [0.2, 0.25) is 0 Å². The Hall–Kier alpha value is -2.36. The standard InChI is InChI=1S/C16H11F3O/c17-16(18,19)14(12-7-3-1-4-8-12)11-15(20)13-9-5-2-6-10-13/h1-11H/b14-11-. The van der Waals surface area contributed by atoms with Crippen molar-refractivity contribution in [2.45, 2.75) is 6.18 Å². The smallest absolute Gasteiger partial charge is 0.289 e. The maximum absolute atomic E-state index is 13.1. The molecule has 0 saturated heterocycles. The summed E-state index contributed by atoms with van der Waals surface area (Å²) in [6.07, 6.45) is -3.93. The first-order chi connectivity index (χ1) is 9.48. The van der Waals surface area contributed by atoms with E-state index in [2.05, 4.69) is 0 Å². The molecule has 0 aliphatic heterocycles. The van der Waals surface area contributed by atoms with Gasteiger partial charge in [-0.15, -0.1) is 0 Å². The molecule has 4 heteroatoms. The zero-order chi connectivity index (χ0) is 14.6. The maximum Gasteiger partial charge on any atom is 0.417 e. The van der Waals surface area contributed by atoms with Crippen molar-refractivity contribution in [1.82, 2.24) is 0 Å². The Morgan fingerprint density at radius 1 is 0.800 bits per heavy atom. The van der Waals surface area contributed by atoms with E-state index >= 15 is 0 Å². The average molecular weight is 276 g/mol. The highest BCUT2D eigenvalue weighted by Crippen LogP contribution is 2.33. The lowest BCUT2D eigenvalue weighted by atomic mass is 10.0. The first-order valence-electron chi connectivity index (χ1n) is 5.92. The number of benzene rings is 2. The van der Waals surface area contributed by atoms with Gasteiger partial charge in [0.25, 0.3) is 0 Å². The fourth-order valence-corrected chi connectivity index (χ4v) is 1.76. The Morgan fingerprint density at radius 2 is 1.25 bits per heavy atom. The summed E-state index contributed by atoms with van der Waals surface area (Å²) in [7, 11) is 0. The number of carbonyl (C=O) groups is 1. The lowest BCUT2D eigenvalue weighted by Crippen LogP contribution is -2.12. The third-order valence-electron chi connectivity index (χ3n) is 2.72. The summed E-state index contributed by atoms with van der Waals surface area (Å²) in [6, 6.07) is 15.2. The lowest BCUT2D eigenvalue weighted by molar-refractivity contribution is -0.0689. The van der Waals surface area contributed by atoms with Gasteiger partial charge in [0.1, 0.15) is 0 Å². The molecule has 0 N–H and O–H groups in total. The quantitative estimate of drug-likeness (QED) is 0.595. The van der Waals surface area contributed by atoms with Gasteiger partial charge in [-0.2, -0.15) is 13.2 Å². The summed E-state index contributed by atoms with van der Waals surface area (Å²) in [5, 5.41) is 0. The van der Waals surface area contributed by atoms with E-state index < -0.39 is 17.5 Å². The SMILES string of the molecule is O=C(/C=C(/c1ccccc1)C(F)(F)F)c1ccccc1. The van der Waals surface area contributed by atoms with Crippen molar-refractivity contribution in [3.05, 3.63) is 77.9 Å². The Balaban J connectivity index is 2.43. The van der Waals surface area contributed by atoms with E-state index in [9.17, 15) is 18.0 Å². The molecular formula is C16H11F3O. The van der Waals surface area contributed by atoms with Crippen molar-refractivity contribution < 1.29 is 18.0 Å². The van der Waals surface area contributed by atoms with Crippen molar-refractivity contribution in [3.8, 4) is 0 Å². The van der Waals surface area contributed by atoms with Gasteiger partial charge in [0.05, 0.1) is 5.57 Å². The second-order valence-corrected chi connectivity index (χ2v) is 4.15. The van der Waals surface area contributed by atoms with E-state index in [0.717, 1.165) is 0 Å². The van der Waals surface area contributed by atoms with E-state index in [4.69, 9.17) is 0 Å². The van der Waals surface area contributed by atoms with E-state index in [-0.39, 0.29) is 11.1 Å². The van der Waals surface area contributed by atoms with Crippen molar-refractivity contribution >= 4 is 11.4 Å². The molecule has 2 aromatic carbocycles. The van der Waals surface area contributed by atoms with Crippen LogP contribution in [0.3, 0.4) is 0 Å². The van der Waals surface area contributed by atoms with Crippen molar-refractivity contribution in [2.24, 2.45) is 0 Å². The fraction of sp³-hybridized carbons (Fsp3) is 0.0625. The molecule has 0 fully saturated rings. The van der Waals surface area contributed by atoms with Gasteiger partial charge < -0.3 is 0 Å². The van der Waals surface area contributed by atoms with E-state index in [0.29, 0.717) is 6.08 Å². The van der Waals surface area contributed by atoms with Crippen LogP contribution >= 0.6 is 0 Å². The number of rotatable bonds is 3. The van der Waals surface area contributed by atoms with Crippen molar-refractivity contribution in [1.29, 1.82) is 0 Å². The van der Waals surface area contributed by atoms with Gasteiger partial charge in [-0.25, -0.2) is 0 Å². The zero-order valence-corrected chi connectivity index (χ0v) is 10.4. The molecule has 0 saturated carbocycles. The minimum atomic E-state index is -4.58. The first kappa shape index (κ1) is 14.1. The molecule has 0 aliphatic rings. The molecule has 0 amide bonds. The van der Waals surface area contributed by atoms with Crippen molar-refractivity contribution in [2.75, 3.05) is 0 Å². The molecule has 1 nitrogen and oxygen atoms in total. The minimum Gasteiger partial charge on any atom is -0.289 e. The number of hydrogen-bond acceptors (Lipinski definition) is 1. The molecule has 0 heterocycles. The monoisotopic (exact) mass is 276 g/mol. The molecule has 0 unspecified atom stereocenters. The highest BCUT2D eigenvalue weighted by Gasteiger charge is 2.35. The summed E-state index contributed by atoms with van der Waals surface area (Å²) in [5.41, 5.74) is -0.735. The van der Waals surface area contributed by atoms with Crippen LogP contribution in [0.4, 0.5) is 13.2 Å². The molecule has 2 aromatic rings. The number of carbonyl (C=O) groups excluding carboxylic acids is 1. The summed E-state index contributed by atoms with van der Waals surface area (Å²) in [5.74, 6) is -0.665. The zero-order valence-electron chi connectivity index (χ0n) is 10.4. The van der Waals surface area contributed by atoms with Crippen LogP contribution in [0.5, 0.6) is 0 Å². The fourth-order valence-electron chi connectivity index (χ4n) is 1.76. The van der Waals surface area contributed by atoms with Gasteiger partial charge in [0.2, 0.25) is 0 Å². The summed E-state index contributed by atoms with van der Waals surface area (Å²) in [6.45, 7) is 0. The second-order valence-electron chi connectivity index (χ2n) is 4.15. The van der Waals surface area contributed by atoms with Crippen LogP contribution in [0, 0.1) is 0 Å². The molecule has 0 spiro atoms. The average Bonchev–Trinajstić information content (AvgIpc) is 2.45. The molecule has 20 heavy (non-hydrogen) atoms. The third kappa shape index (κ3) is 3.35. The lowest BCUT2D eigenvalue weighted by Gasteiger charge is -2.11. The summed E-state index contributed by atoms with van der Waals surface area (Å²) >= 11 is 0. The topological polar surface area (TPSA) is 17.1 Å². The molecule has 0 aromatic heterocycles. The molecule has 0 atom stereocenters. The minimum absolute atomic E-state index is 0.0238. The molecule has 0 aliphatic carbocycles. The predicted octanol–water partition coefficient (Wildman–Crippen LogP) is 4.52.